The molecule has 2 rings (SSSR count). The molecule has 0 aromatic heterocycles. The van der Waals surface area contributed by atoms with Crippen LogP contribution in [0.2, 0.25) is 0 Å². The molecule has 0 amide bonds. The van der Waals surface area contributed by atoms with Crippen molar-refractivity contribution in [1.82, 2.24) is 5.32 Å². The molecule has 0 spiro atoms. The molecule has 0 saturated heterocycles. The van der Waals surface area contributed by atoms with Crippen LogP contribution in [0.5, 0.6) is 0 Å². The second-order valence-corrected chi connectivity index (χ2v) is 3.95. The van der Waals surface area contributed by atoms with Crippen LogP contribution in [-0.2, 0) is 6.54 Å². The number of halogens is 1. The topological polar surface area (TPSA) is 12.0 Å². The Labute approximate surface area is 101 Å². The van der Waals surface area contributed by atoms with Gasteiger partial charge in [0.2, 0.25) is 0 Å². The van der Waals surface area contributed by atoms with Crippen LogP contribution in [0, 0.1) is 5.82 Å². The molecule has 2 aromatic carbocycles. The monoisotopic (exact) mass is 229 g/mol. The van der Waals surface area contributed by atoms with Gasteiger partial charge in [-0.3, -0.25) is 0 Å². The third-order valence-corrected chi connectivity index (χ3v) is 2.72. The van der Waals surface area contributed by atoms with Gasteiger partial charge in [0.25, 0.3) is 0 Å². The third-order valence-electron chi connectivity index (χ3n) is 2.72. The first-order chi connectivity index (χ1) is 8.31. The first kappa shape index (κ1) is 11.8. The van der Waals surface area contributed by atoms with Crippen LogP contribution in [0.15, 0.2) is 48.5 Å². The van der Waals surface area contributed by atoms with Crippen LogP contribution in [0.4, 0.5) is 4.39 Å². The molecule has 0 aliphatic carbocycles. The molecule has 0 atom stereocenters. The molecule has 0 saturated carbocycles. The van der Waals surface area contributed by atoms with Crippen molar-refractivity contribution in [2.75, 3.05) is 6.54 Å². The normalized spacial score (nSPS) is 10.5. The van der Waals surface area contributed by atoms with E-state index in [0.29, 0.717) is 0 Å². The Morgan fingerprint density at radius 2 is 1.88 bits per heavy atom. The number of benzene rings is 2. The summed E-state index contributed by atoms with van der Waals surface area (Å²) in [5.74, 6) is -0.194. The maximum atomic E-state index is 13.2. The summed E-state index contributed by atoms with van der Waals surface area (Å²) in [5.41, 5.74) is 3.21. The second kappa shape index (κ2) is 5.60. The van der Waals surface area contributed by atoms with Crippen LogP contribution in [0.25, 0.3) is 11.1 Å². The summed E-state index contributed by atoms with van der Waals surface area (Å²) in [5, 5.41) is 3.30. The van der Waals surface area contributed by atoms with Gasteiger partial charge in [0.05, 0.1) is 0 Å². The van der Waals surface area contributed by atoms with E-state index in [-0.39, 0.29) is 5.82 Å². The van der Waals surface area contributed by atoms with E-state index in [1.54, 1.807) is 12.1 Å². The lowest BCUT2D eigenvalue weighted by atomic mass is 9.99. The van der Waals surface area contributed by atoms with E-state index in [0.717, 1.165) is 24.2 Å². The Kier molecular flexibility index (Phi) is 3.89. The van der Waals surface area contributed by atoms with Crippen molar-refractivity contribution >= 4 is 0 Å². The summed E-state index contributed by atoms with van der Waals surface area (Å²) in [7, 11) is 0. The highest BCUT2D eigenvalue weighted by Gasteiger charge is 2.04. The molecule has 2 aromatic rings. The summed E-state index contributed by atoms with van der Waals surface area (Å²) in [6, 6.07) is 14.8. The largest absolute Gasteiger partial charge is 0.313 e. The van der Waals surface area contributed by atoms with Crippen molar-refractivity contribution in [2.45, 2.75) is 13.5 Å². The van der Waals surface area contributed by atoms with Crippen LogP contribution in [0.3, 0.4) is 0 Å². The van der Waals surface area contributed by atoms with Gasteiger partial charge in [-0.25, -0.2) is 4.39 Å². The molecular weight excluding hydrogens is 213 g/mol. The lowest BCUT2D eigenvalue weighted by molar-refractivity contribution is 0.628. The molecule has 0 aliphatic rings. The smallest absolute Gasteiger partial charge is 0.123 e. The van der Waals surface area contributed by atoms with Crippen molar-refractivity contribution in [3.05, 3.63) is 59.9 Å². The molecule has 0 bridgehead atoms. The van der Waals surface area contributed by atoms with E-state index in [9.17, 15) is 4.39 Å². The lowest BCUT2D eigenvalue weighted by Gasteiger charge is -2.10. The highest BCUT2D eigenvalue weighted by molar-refractivity contribution is 5.67. The van der Waals surface area contributed by atoms with Crippen molar-refractivity contribution in [3.8, 4) is 11.1 Å². The number of hydrogen-bond acceptors (Lipinski definition) is 1. The fourth-order valence-corrected chi connectivity index (χ4v) is 1.87. The van der Waals surface area contributed by atoms with E-state index in [1.807, 2.05) is 24.3 Å². The van der Waals surface area contributed by atoms with Gasteiger partial charge in [0.15, 0.2) is 0 Å². The minimum Gasteiger partial charge on any atom is -0.313 e. The predicted molar refractivity (Wildman–Crippen MR) is 69.2 cm³/mol. The molecule has 17 heavy (non-hydrogen) atoms. The fraction of sp³-hybridized carbons (Fsp3) is 0.200. The lowest BCUT2D eigenvalue weighted by Crippen LogP contribution is -2.12. The van der Waals surface area contributed by atoms with Gasteiger partial charge in [-0.2, -0.15) is 0 Å². The summed E-state index contributed by atoms with van der Waals surface area (Å²) in [6.07, 6.45) is 0. The van der Waals surface area contributed by atoms with Gasteiger partial charge in [-0.1, -0.05) is 43.3 Å². The molecule has 0 fully saturated rings. The summed E-state index contributed by atoms with van der Waals surface area (Å²) in [4.78, 5) is 0. The van der Waals surface area contributed by atoms with Crippen LogP contribution >= 0.6 is 0 Å². The third kappa shape index (κ3) is 2.92. The highest BCUT2D eigenvalue weighted by atomic mass is 19.1. The SMILES string of the molecule is CCNCc1ccccc1-c1cccc(F)c1. The van der Waals surface area contributed by atoms with Crippen LogP contribution in [-0.4, -0.2) is 6.54 Å². The molecule has 88 valence electrons. The molecule has 1 nitrogen and oxygen atoms in total. The van der Waals surface area contributed by atoms with E-state index in [1.165, 1.54) is 11.6 Å². The van der Waals surface area contributed by atoms with Crippen molar-refractivity contribution in [3.63, 3.8) is 0 Å². The van der Waals surface area contributed by atoms with Gasteiger partial charge in [0, 0.05) is 6.54 Å². The summed E-state index contributed by atoms with van der Waals surface area (Å²) in [6.45, 7) is 3.81. The quantitative estimate of drug-likeness (QED) is 0.844. The van der Waals surface area contributed by atoms with E-state index < -0.39 is 0 Å². The number of hydrogen-bond donors (Lipinski definition) is 1. The Bertz CT molecular complexity index is 494. The first-order valence-corrected chi connectivity index (χ1v) is 5.86. The van der Waals surface area contributed by atoms with Crippen molar-refractivity contribution in [1.29, 1.82) is 0 Å². The van der Waals surface area contributed by atoms with Crippen LogP contribution in [0.1, 0.15) is 12.5 Å². The maximum Gasteiger partial charge on any atom is 0.123 e. The van der Waals surface area contributed by atoms with Crippen molar-refractivity contribution < 1.29 is 4.39 Å². The Morgan fingerprint density at radius 3 is 2.65 bits per heavy atom. The molecular formula is C15H16FN. The Balaban J connectivity index is 2.37. The van der Waals surface area contributed by atoms with E-state index >= 15 is 0 Å². The highest BCUT2D eigenvalue weighted by Crippen LogP contribution is 2.24. The second-order valence-electron chi connectivity index (χ2n) is 3.95. The predicted octanol–water partition coefficient (Wildman–Crippen LogP) is 3.60. The number of nitrogens with one attached hydrogen (secondary N) is 1. The van der Waals surface area contributed by atoms with E-state index in [2.05, 4.69) is 18.3 Å². The van der Waals surface area contributed by atoms with Gasteiger partial charge in [-0.05, 0) is 35.4 Å². The minimum absolute atomic E-state index is 0.194. The van der Waals surface area contributed by atoms with Crippen LogP contribution < -0.4 is 5.32 Å². The number of rotatable bonds is 4. The molecule has 0 aliphatic heterocycles. The first-order valence-electron chi connectivity index (χ1n) is 5.86. The zero-order valence-electron chi connectivity index (χ0n) is 9.91. The van der Waals surface area contributed by atoms with Crippen molar-refractivity contribution in [2.24, 2.45) is 0 Å². The van der Waals surface area contributed by atoms with Gasteiger partial charge < -0.3 is 5.32 Å². The molecule has 0 heterocycles. The summed E-state index contributed by atoms with van der Waals surface area (Å²) >= 11 is 0. The Hall–Kier alpha value is -1.67. The molecule has 0 radical (unpaired) electrons. The Morgan fingerprint density at radius 1 is 1.06 bits per heavy atom. The maximum absolute atomic E-state index is 13.2. The molecule has 2 heteroatoms. The average molecular weight is 229 g/mol. The van der Waals surface area contributed by atoms with Gasteiger partial charge in [0.1, 0.15) is 5.82 Å². The molecule has 0 unspecified atom stereocenters. The van der Waals surface area contributed by atoms with E-state index in [4.69, 9.17) is 0 Å². The minimum atomic E-state index is -0.194. The zero-order chi connectivity index (χ0) is 12.1. The fourth-order valence-electron chi connectivity index (χ4n) is 1.87. The van der Waals surface area contributed by atoms with Gasteiger partial charge >= 0.3 is 0 Å². The molecule has 1 N–H and O–H groups in total. The standard InChI is InChI=1S/C15H16FN/c1-2-17-11-13-6-3-4-9-15(13)12-7-5-8-14(16)10-12/h3-10,17H,2,11H2,1H3. The van der Waals surface area contributed by atoms with Gasteiger partial charge in [-0.15, -0.1) is 0 Å². The average Bonchev–Trinajstić information content (AvgIpc) is 2.37. The summed E-state index contributed by atoms with van der Waals surface area (Å²) < 4.78 is 13.2. The zero-order valence-corrected chi connectivity index (χ0v) is 9.91.